The number of nitrogens with zero attached hydrogens (tertiary/aromatic N) is 5. The Hall–Kier alpha value is -2.60. The van der Waals surface area contributed by atoms with Crippen molar-refractivity contribution in [3.05, 3.63) is 59.4 Å². The zero-order valence-corrected chi connectivity index (χ0v) is 15.1. The van der Waals surface area contributed by atoms with Crippen LogP contribution in [-0.2, 0) is 6.54 Å². The topological polar surface area (TPSA) is 45.2 Å². The number of pyridine rings is 1. The molecule has 0 saturated carbocycles. The Labute approximate surface area is 152 Å². The Morgan fingerprint density at radius 2 is 1.85 bits per heavy atom. The van der Waals surface area contributed by atoms with Gasteiger partial charge in [0.05, 0.1) is 5.52 Å². The van der Waals surface area contributed by atoms with Crippen LogP contribution in [0, 0.1) is 19.7 Å². The summed E-state index contributed by atoms with van der Waals surface area (Å²) in [6, 6.07) is 9.01. The number of benzene rings is 1. The van der Waals surface area contributed by atoms with E-state index in [-0.39, 0.29) is 5.82 Å². The molecule has 1 fully saturated rings. The van der Waals surface area contributed by atoms with Crippen molar-refractivity contribution in [1.82, 2.24) is 19.9 Å². The van der Waals surface area contributed by atoms with E-state index >= 15 is 0 Å². The Morgan fingerprint density at radius 1 is 1.04 bits per heavy atom. The van der Waals surface area contributed by atoms with E-state index in [2.05, 4.69) is 24.8 Å². The molecule has 2 aromatic heterocycles. The number of rotatable bonds is 3. The zero-order valence-electron chi connectivity index (χ0n) is 15.1. The monoisotopic (exact) mass is 351 g/mol. The average molecular weight is 351 g/mol. The van der Waals surface area contributed by atoms with Crippen LogP contribution in [0.25, 0.3) is 10.9 Å². The molecule has 1 aliphatic rings. The van der Waals surface area contributed by atoms with E-state index in [1.165, 1.54) is 0 Å². The summed E-state index contributed by atoms with van der Waals surface area (Å²) in [5.74, 6) is 1.60. The highest BCUT2D eigenvalue weighted by molar-refractivity contribution is 5.82. The van der Waals surface area contributed by atoms with Crippen LogP contribution in [-0.4, -0.2) is 46.0 Å². The van der Waals surface area contributed by atoms with E-state index < -0.39 is 0 Å². The number of aromatic nitrogens is 3. The SMILES string of the molecule is Cc1cc(N2CCN(Cc3ccc(F)c4cccnc34)CC2)nc(C)n1. The molecule has 0 unspecified atom stereocenters. The lowest BCUT2D eigenvalue weighted by molar-refractivity contribution is 0.250. The fraction of sp³-hybridized carbons (Fsp3) is 0.350. The second kappa shape index (κ2) is 6.96. The highest BCUT2D eigenvalue weighted by Gasteiger charge is 2.20. The van der Waals surface area contributed by atoms with Crippen LogP contribution in [0.4, 0.5) is 10.2 Å². The average Bonchev–Trinajstić information content (AvgIpc) is 2.64. The van der Waals surface area contributed by atoms with Crippen LogP contribution in [0.15, 0.2) is 36.5 Å². The number of hydrogen-bond acceptors (Lipinski definition) is 5. The molecule has 3 heterocycles. The molecule has 134 valence electrons. The summed E-state index contributed by atoms with van der Waals surface area (Å²) in [4.78, 5) is 18.0. The van der Waals surface area contributed by atoms with Gasteiger partial charge < -0.3 is 4.90 Å². The van der Waals surface area contributed by atoms with E-state index in [0.717, 1.165) is 61.1 Å². The number of halogens is 1. The summed E-state index contributed by atoms with van der Waals surface area (Å²) in [6.45, 7) is 8.43. The second-order valence-corrected chi connectivity index (χ2v) is 6.78. The van der Waals surface area contributed by atoms with Crippen LogP contribution >= 0.6 is 0 Å². The molecule has 3 aromatic rings. The molecule has 0 amide bonds. The summed E-state index contributed by atoms with van der Waals surface area (Å²) in [5, 5.41) is 0.593. The van der Waals surface area contributed by atoms with E-state index in [9.17, 15) is 4.39 Å². The van der Waals surface area contributed by atoms with Gasteiger partial charge in [-0.1, -0.05) is 6.07 Å². The minimum atomic E-state index is -0.212. The van der Waals surface area contributed by atoms with Gasteiger partial charge in [-0.3, -0.25) is 9.88 Å². The molecule has 4 rings (SSSR count). The molecule has 0 spiro atoms. The first-order valence-electron chi connectivity index (χ1n) is 8.92. The maximum absolute atomic E-state index is 14.0. The molecule has 0 bridgehead atoms. The maximum atomic E-state index is 14.0. The van der Waals surface area contributed by atoms with Gasteiger partial charge in [-0.05, 0) is 37.6 Å². The summed E-state index contributed by atoms with van der Waals surface area (Å²) >= 11 is 0. The molecule has 1 saturated heterocycles. The van der Waals surface area contributed by atoms with Crippen LogP contribution in [0.3, 0.4) is 0 Å². The van der Waals surface area contributed by atoms with Gasteiger partial charge in [-0.25, -0.2) is 14.4 Å². The molecular formula is C20H22FN5. The predicted octanol–water partition coefficient (Wildman–Crippen LogP) is 3.10. The number of aryl methyl sites for hydroxylation is 2. The third kappa shape index (κ3) is 3.37. The first-order valence-corrected chi connectivity index (χ1v) is 8.92. The molecule has 1 aliphatic heterocycles. The van der Waals surface area contributed by atoms with E-state index in [1.54, 1.807) is 24.4 Å². The number of fused-ring (bicyclic) bond motifs is 1. The van der Waals surface area contributed by atoms with Crippen LogP contribution in [0.2, 0.25) is 0 Å². The highest BCUT2D eigenvalue weighted by atomic mass is 19.1. The van der Waals surface area contributed by atoms with Crippen LogP contribution in [0.1, 0.15) is 17.1 Å². The fourth-order valence-electron chi connectivity index (χ4n) is 3.56. The standard InChI is InChI=1S/C20H22FN5/c1-14-12-19(24-15(2)23-14)26-10-8-25(9-11-26)13-16-5-6-18(21)17-4-3-7-22-20(16)17/h3-7,12H,8-11,13H2,1-2H3. The van der Waals surface area contributed by atoms with Crippen molar-refractivity contribution >= 4 is 16.7 Å². The Balaban J connectivity index is 1.47. The largest absolute Gasteiger partial charge is 0.354 e. The second-order valence-electron chi connectivity index (χ2n) is 6.78. The number of piperazine rings is 1. The Kier molecular flexibility index (Phi) is 4.51. The van der Waals surface area contributed by atoms with Gasteiger partial charge in [0, 0.05) is 56.1 Å². The minimum absolute atomic E-state index is 0.212. The fourth-order valence-corrected chi connectivity index (χ4v) is 3.56. The molecule has 5 nitrogen and oxygen atoms in total. The lowest BCUT2D eigenvalue weighted by Gasteiger charge is -2.35. The van der Waals surface area contributed by atoms with Gasteiger partial charge in [-0.15, -0.1) is 0 Å². The molecule has 6 heteroatoms. The van der Waals surface area contributed by atoms with Crippen LogP contribution < -0.4 is 4.90 Å². The zero-order chi connectivity index (χ0) is 18.1. The van der Waals surface area contributed by atoms with Gasteiger partial charge in [-0.2, -0.15) is 0 Å². The summed E-state index contributed by atoms with van der Waals surface area (Å²) < 4.78 is 14.0. The molecule has 1 aromatic carbocycles. The molecule has 0 N–H and O–H groups in total. The van der Waals surface area contributed by atoms with Crippen molar-refractivity contribution < 1.29 is 4.39 Å². The van der Waals surface area contributed by atoms with Crippen molar-refractivity contribution in [2.75, 3.05) is 31.1 Å². The molecular weight excluding hydrogens is 329 g/mol. The Bertz CT molecular complexity index is 914. The third-order valence-corrected chi connectivity index (χ3v) is 4.84. The Morgan fingerprint density at radius 3 is 2.62 bits per heavy atom. The number of anilines is 1. The quantitative estimate of drug-likeness (QED) is 0.726. The predicted molar refractivity (Wildman–Crippen MR) is 101 cm³/mol. The minimum Gasteiger partial charge on any atom is -0.354 e. The van der Waals surface area contributed by atoms with Gasteiger partial charge in [0.25, 0.3) is 0 Å². The molecule has 26 heavy (non-hydrogen) atoms. The highest BCUT2D eigenvalue weighted by Crippen LogP contribution is 2.22. The summed E-state index contributed by atoms with van der Waals surface area (Å²) in [5.41, 5.74) is 2.83. The van der Waals surface area contributed by atoms with Gasteiger partial charge >= 0.3 is 0 Å². The van der Waals surface area contributed by atoms with Crippen molar-refractivity contribution in [2.45, 2.75) is 20.4 Å². The van der Waals surface area contributed by atoms with E-state index in [0.29, 0.717) is 5.39 Å². The summed E-state index contributed by atoms with van der Waals surface area (Å²) in [7, 11) is 0. The summed E-state index contributed by atoms with van der Waals surface area (Å²) in [6.07, 6.45) is 1.73. The molecule has 0 aliphatic carbocycles. The number of hydrogen-bond donors (Lipinski definition) is 0. The van der Waals surface area contributed by atoms with E-state index in [1.807, 2.05) is 26.0 Å². The lowest BCUT2D eigenvalue weighted by atomic mass is 10.1. The smallest absolute Gasteiger partial charge is 0.132 e. The molecule has 0 atom stereocenters. The lowest BCUT2D eigenvalue weighted by Crippen LogP contribution is -2.46. The normalized spacial score (nSPS) is 15.6. The first kappa shape index (κ1) is 16.8. The first-order chi connectivity index (χ1) is 12.6. The van der Waals surface area contributed by atoms with Gasteiger partial charge in [0.2, 0.25) is 0 Å². The van der Waals surface area contributed by atoms with Gasteiger partial charge in [0.1, 0.15) is 17.5 Å². The maximum Gasteiger partial charge on any atom is 0.132 e. The third-order valence-electron chi connectivity index (χ3n) is 4.84. The molecule has 0 radical (unpaired) electrons. The van der Waals surface area contributed by atoms with Crippen molar-refractivity contribution in [2.24, 2.45) is 0 Å². The van der Waals surface area contributed by atoms with Crippen molar-refractivity contribution in [3.8, 4) is 0 Å². The van der Waals surface area contributed by atoms with Crippen LogP contribution in [0.5, 0.6) is 0 Å². The van der Waals surface area contributed by atoms with E-state index in [4.69, 9.17) is 0 Å². The van der Waals surface area contributed by atoms with Crippen molar-refractivity contribution in [3.63, 3.8) is 0 Å². The van der Waals surface area contributed by atoms with Crippen molar-refractivity contribution in [1.29, 1.82) is 0 Å². The van der Waals surface area contributed by atoms with Gasteiger partial charge in [0.15, 0.2) is 0 Å².